The topological polar surface area (TPSA) is 32.8 Å². The predicted octanol–water partition coefficient (Wildman–Crippen LogP) is 4.86. The minimum absolute atomic E-state index is 0.147. The molecular weight excluding hydrogens is 360 g/mol. The summed E-state index contributed by atoms with van der Waals surface area (Å²) >= 11 is 0. The van der Waals surface area contributed by atoms with E-state index in [9.17, 15) is 4.79 Å². The number of nitrogens with zero attached hydrogens (tertiary/aromatic N) is 2. The van der Waals surface area contributed by atoms with Crippen molar-refractivity contribution in [3.05, 3.63) is 35.4 Å². The molecule has 0 spiro atoms. The van der Waals surface area contributed by atoms with Gasteiger partial charge in [0.15, 0.2) is 0 Å². The average molecular weight is 403 g/mol. The van der Waals surface area contributed by atoms with Gasteiger partial charge in [-0.3, -0.25) is 9.69 Å². The molecule has 0 N–H and O–H groups in total. The van der Waals surface area contributed by atoms with E-state index in [1.165, 1.54) is 11.1 Å². The monoisotopic (exact) mass is 402 g/mol. The van der Waals surface area contributed by atoms with Crippen LogP contribution in [0, 0.1) is 5.92 Å². The molecule has 1 amide bonds. The highest BCUT2D eigenvalue weighted by molar-refractivity contribution is 5.78. The molecule has 1 saturated heterocycles. The SMILES string of the molecule is CCCCC(CC)C(=O)N(CCN1CCOCC1)Cc1ccc(C(C)(C)C)cc1. The maximum Gasteiger partial charge on any atom is 0.226 e. The van der Waals surface area contributed by atoms with Crippen molar-refractivity contribution in [3.8, 4) is 0 Å². The number of rotatable bonds is 10. The van der Waals surface area contributed by atoms with Gasteiger partial charge in [0, 0.05) is 38.6 Å². The number of amides is 1. The van der Waals surface area contributed by atoms with E-state index >= 15 is 0 Å². The van der Waals surface area contributed by atoms with Crippen LogP contribution in [0.2, 0.25) is 0 Å². The summed E-state index contributed by atoms with van der Waals surface area (Å²) < 4.78 is 5.47. The van der Waals surface area contributed by atoms with Crippen molar-refractivity contribution in [2.75, 3.05) is 39.4 Å². The van der Waals surface area contributed by atoms with Crippen LogP contribution in [0.5, 0.6) is 0 Å². The summed E-state index contributed by atoms with van der Waals surface area (Å²) in [6.45, 7) is 17.0. The van der Waals surface area contributed by atoms with Gasteiger partial charge in [-0.05, 0) is 29.4 Å². The van der Waals surface area contributed by atoms with Crippen molar-refractivity contribution >= 4 is 5.91 Å². The molecule has 0 saturated carbocycles. The Bertz CT molecular complexity index is 600. The molecule has 4 heteroatoms. The summed E-state index contributed by atoms with van der Waals surface area (Å²) in [5.74, 6) is 0.475. The summed E-state index contributed by atoms with van der Waals surface area (Å²) in [4.78, 5) is 17.9. The molecule has 1 aliphatic rings. The number of hydrogen-bond donors (Lipinski definition) is 0. The van der Waals surface area contributed by atoms with Crippen molar-refractivity contribution in [2.24, 2.45) is 5.92 Å². The Morgan fingerprint density at radius 2 is 1.79 bits per heavy atom. The first-order valence-corrected chi connectivity index (χ1v) is 11.5. The van der Waals surface area contributed by atoms with E-state index in [1.54, 1.807) is 0 Å². The Morgan fingerprint density at radius 1 is 1.14 bits per heavy atom. The lowest BCUT2D eigenvalue weighted by atomic mass is 9.86. The van der Waals surface area contributed by atoms with Gasteiger partial charge in [-0.25, -0.2) is 0 Å². The van der Waals surface area contributed by atoms with E-state index in [0.29, 0.717) is 12.5 Å². The molecular formula is C25H42N2O2. The molecule has 2 rings (SSSR count). The molecule has 0 aliphatic carbocycles. The molecule has 4 nitrogen and oxygen atoms in total. The first kappa shape index (κ1) is 23.9. The number of carbonyl (C=O) groups excluding carboxylic acids is 1. The predicted molar refractivity (Wildman–Crippen MR) is 121 cm³/mol. The zero-order valence-electron chi connectivity index (χ0n) is 19.4. The second-order valence-electron chi connectivity index (χ2n) is 9.41. The summed E-state index contributed by atoms with van der Waals surface area (Å²) in [5, 5.41) is 0. The smallest absolute Gasteiger partial charge is 0.226 e. The number of morpholine rings is 1. The molecule has 1 heterocycles. The number of ether oxygens (including phenoxy) is 1. The van der Waals surface area contributed by atoms with Crippen LogP contribution in [0.15, 0.2) is 24.3 Å². The lowest BCUT2D eigenvalue weighted by molar-refractivity contribution is -0.137. The van der Waals surface area contributed by atoms with Gasteiger partial charge >= 0.3 is 0 Å². The Morgan fingerprint density at radius 3 is 2.34 bits per heavy atom. The maximum absolute atomic E-state index is 13.4. The van der Waals surface area contributed by atoms with Crippen LogP contribution in [0.25, 0.3) is 0 Å². The summed E-state index contributed by atoms with van der Waals surface area (Å²) in [6.07, 6.45) is 4.20. The van der Waals surface area contributed by atoms with E-state index in [4.69, 9.17) is 4.74 Å². The van der Waals surface area contributed by atoms with Crippen LogP contribution < -0.4 is 0 Å². The number of hydrogen-bond acceptors (Lipinski definition) is 3. The van der Waals surface area contributed by atoms with E-state index < -0.39 is 0 Å². The van der Waals surface area contributed by atoms with Crippen LogP contribution in [0.3, 0.4) is 0 Å². The average Bonchev–Trinajstić information content (AvgIpc) is 2.72. The molecule has 164 valence electrons. The maximum atomic E-state index is 13.4. The Labute approximate surface area is 178 Å². The normalized spacial score (nSPS) is 16.6. The molecule has 1 aromatic rings. The molecule has 0 radical (unpaired) electrons. The third-order valence-electron chi connectivity index (χ3n) is 6.04. The summed E-state index contributed by atoms with van der Waals surface area (Å²) in [6, 6.07) is 8.83. The number of carbonyl (C=O) groups is 1. The standard InChI is InChI=1S/C25H42N2O2/c1-6-8-9-22(7-2)24(28)27(15-14-26-16-18-29-19-17-26)20-21-10-12-23(13-11-21)25(3,4)5/h10-13,22H,6-9,14-20H2,1-5H3. The van der Waals surface area contributed by atoms with E-state index in [1.807, 2.05) is 0 Å². The first-order valence-electron chi connectivity index (χ1n) is 11.5. The molecule has 1 atom stereocenters. The Hall–Kier alpha value is -1.39. The number of unbranched alkanes of at least 4 members (excludes halogenated alkanes) is 1. The zero-order chi connectivity index (χ0) is 21.3. The van der Waals surface area contributed by atoms with Gasteiger partial charge in [0.05, 0.1) is 13.2 Å². The van der Waals surface area contributed by atoms with Crippen molar-refractivity contribution in [2.45, 2.75) is 72.3 Å². The largest absolute Gasteiger partial charge is 0.379 e. The molecule has 1 fully saturated rings. The highest BCUT2D eigenvalue weighted by atomic mass is 16.5. The molecule has 29 heavy (non-hydrogen) atoms. The summed E-state index contributed by atoms with van der Waals surface area (Å²) in [5.41, 5.74) is 2.71. The van der Waals surface area contributed by atoms with E-state index in [0.717, 1.165) is 65.1 Å². The fourth-order valence-corrected chi connectivity index (χ4v) is 3.90. The van der Waals surface area contributed by atoms with Crippen LogP contribution in [-0.2, 0) is 21.5 Å². The Balaban J connectivity index is 2.08. The second-order valence-corrected chi connectivity index (χ2v) is 9.41. The van der Waals surface area contributed by atoms with Gasteiger partial charge in [0.25, 0.3) is 0 Å². The second kappa shape index (κ2) is 11.7. The van der Waals surface area contributed by atoms with Gasteiger partial charge < -0.3 is 9.64 Å². The van der Waals surface area contributed by atoms with Gasteiger partial charge in [-0.1, -0.05) is 71.7 Å². The lowest BCUT2D eigenvalue weighted by Gasteiger charge is -2.32. The highest BCUT2D eigenvalue weighted by Crippen LogP contribution is 2.23. The third kappa shape index (κ3) is 7.75. The Kier molecular flexibility index (Phi) is 9.64. The van der Waals surface area contributed by atoms with E-state index in [-0.39, 0.29) is 11.3 Å². The van der Waals surface area contributed by atoms with Crippen molar-refractivity contribution < 1.29 is 9.53 Å². The lowest BCUT2D eigenvalue weighted by Crippen LogP contribution is -2.44. The van der Waals surface area contributed by atoms with Gasteiger partial charge in [0.2, 0.25) is 5.91 Å². The van der Waals surface area contributed by atoms with Crippen molar-refractivity contribution in [1.82, 2.24) is 9.80 Å². The van der Waals surface area contributed by atoms with Crippen LogP contribution in [0.1, 0.15) is 71.4 Å². The fourth-order valence-electron chi connectivity index (χ4n) is 3.90. The molecule has 0 bridgehead atoms. The van der Waals surface area contributed by atoms with Crippen LogP contribution in [-0.4, -0.2) is 55.1 Å². The van der Waals surface area contributed by atoms with Gasteiger partial charge in [0.1, 0.15) is 0 Å². The van der Waals surface area contributed by atoms with Gasteiger partial charge in [-0.15, -0.1) is 0 Å². The number of benzene rings is 1. The molecule has 1 aromatic carbocycles. The summed E-state index contributed by atoms with van der Waals surface area (Å²) in [7, 11) is 0. The minimum atomic E-state index is 0.147. The molecule has 1 unspecified atom stereocenters. The molecule has 1 aliphatic heterocycles. The quantitative estimate of drug-likeness (QED) is 0.560. The molecule has 0 aromatic heterocycles. The van der Waals surface area contributed by atoms with Crippen molar-refractivity contribution in [1.29, 1.82) is 0 Å². The third-order valence-corrected chi connectivity index (χ3v) is 6.04. The minimum Gasteiger partial charge on any atom is -0.379 e. The van der Waals surface area contributed by atoms with Gasteiger partial charge in [-0.2, -0.15) is 0 Å². The fraction of sp³-hybridized carbons (Fsp3) is 0.720. The highest BCUT2D eigenvalue weighted by Gasteiger charge is 2.24. The first-order chi connectivity index (χ1) is 13.8. The van der Waals surface area contributed by atoms with Crippen LogP contribution in [0.4, 0.5) is 0 Å². The van der Waals surface area contributed by atoms with Crippen LogP contribution >= 0.6 is 0 Å². The zero-order valence-corrected chi connectivity index (χ0v) is 19.4. The van der Waals surface area contributed by atoms with Crippen molar-refractivity contribution in [3.63, 3.8) is 0 Å². The van der Waals surface area contributed by atoms with E-state index in [2.05, 4.69) is 68.7 Å².